The normalized spacial score (nSPS) is 12.2. The Bertz CT molecular complexity index is 633. The van der Waals surface area contributed by atoms with E-state index in [2.05, 4.69) is 28.9 Å². The Labute approximate surface area is 127 Å². The molecule has 0 radical (unpaired) electrons. The highest BCUT2D eigenvalue weighted by Crippen LogP contribution is 2.20. The summed E-state index contributed by atoms with van der Waals surface area (Å²) in [6, 6.07) is 2.09. The molecule has 0 spiro atoms. The first-order valence-electron chi connectivity index (χ1n) is 6.15. The molecule has 2 aromatic rings. The average Bonchev–Trinajstić information content (AvgIpc) is 3.05. The van der Waals surface area contributed by atoms with Crippen molar-refractivity contribution in [2.75, 3.05) is 0 Å². The molecule has 0 unspecified atom stereocenters. The first-order valence-corrected chi connectivity index (χ1v) is 9.39. The molecule has 0 aliphatic carbocycles. The van der Waals surface area contributed by atoms with Gasteiger partial charge >= 0.3 is 0 Å². The molecule has 0 atom stereocenters. The second-order valence-corrected chi connectivity index (χ2v) is 8.48. The van der Waals surface area contributed by atoms with E-state index in [0.717, 1.165) is 10.4 Å². The Morgan fingerprint density at radius 1 is 1.30 bits per heavy atom. The number of aromatic nitrogens is 1. The summed E-state index contributed by atoms with van der Waals surface area (Å²) in [5, 5.41) is 5.14. The number of thiazole rings is 1. The number of nitrogens with zero attached hydrogens (tertiary/aromatic N) is 1. The second kappa shape index (κ2) is 6.77. The van der Waals surface area contributed by atoms with Gasteiger partial charge in [-0.1, -0.05) is 13.8 Å². The maximum Gasteiger partial charge on any atom is 0.250 e. The average molecular weight is 331 g/mol. The third-order valence-corrected chi connectivity index (χ3v) is 6.20. The third-order valence-electron chi connectivity index (χ3n) is 2.53. The summed E-state index contributed by atoms with van der Waals surface area (Å²) in [6.07, 6.45) is 1.67. The van der Waals surface area contributed by atoms with Gasteiger partial charge in [0.15, 0.2) is 0 Å². The summed E-state index contributed by atoms with van der Waals surface area (Å²) in [5.41, 5.74) is 2.67. The topological polar surface area (TPSA) is 71.1 Å². The minimum atomic E-state index is -3.43. The van der Waals surface area contributed by atoms with Crippen molar-refractivity contribution in [1.29, 1.82) is 0 Å². The van der Waals surface area contributed by atoms with Crippen LogP contribution in [-0.4, -0.2) is 19.4 Å². The Morgan fingerprint density at radius 3 is 2.75 bits per heavy atom. The van der Waals surface area contributed by atoms with Gasteiger partial charge in [0.05, 0.1) is 5.51 Å². The van der Waals surface area contributed by atoms with Crippen LogP contribution in [0.5, 0.6) is 0 Å². The van der Waals surface area contributed by atoms with Crippen LogP contribution in [-0.2, 0) is 23.1 Å². The third kappa shape index (κ3) is 4.35. The molecule has 2 aromatic heterocycles. The van der Waals surface area contributed by atoms with Crippen molar-refractivity contribution in [2.24, 2.45) is 0 Å². The molecule has 20 heavy (non-hydrogen) atoms. The van der Waals surface area contributed by atoms with Crippen LogP contribution in [0, 0.1) is 0 Å². The second-order valence-electron chi connectivity index (χ2n) is 4.60. The van der Waals surface area contributed by atoms with Crippen LogP contribution in [0.3, 0.4) is 0 Å². The fraction of sp³-hybridized carbons (Fsp3) is 0.417. The zero-order valence-corrected chi connectivity index (χ0v) is 13.7. The van der Waals surface area contributed by atoms with E-state index in [-0.39, 0.29) is 6.54 Å². The van der Waals surface area contributed by atoms with E-state index in [1.54, 1.807) is 17.8 Å². The number of thiophene rings is 1. The number of nitrogens with one attached hydrogen (secondary N) is 2. The van der Waals surface area contributed by atoms with Crippen LogP contribution < -0.4 is 10.0 Å². The van der Waals surface area contributed by atoms with Crippen LogP contribution in [0.25, 0.3) is 0 Å². The minimum Gasteiger partial charge on any atom is -0.310 e. The zero-order valence-electron chi connectivity index (χ0n) is 11.3. The molecular weight excluding hydrogens is 314 g/mol. The summed E-state index contributed by atoms with van der Waals surface area (Å²) in [5.74, 6) is 0. The summed E-state index contributed by atoms with van der Waals surface area (Å²) in [7, 11) is -3.43. The van der Waals surface area contributed by atoms with Crippen LogP contribution in [0.4, 0.5) is 0 Å². The Morgan fingerprint density at radius 2 is 2.10 bits per heavy atom. The van der Waals surface area contributed by atoms with Crippen molar-refractivity contribution in [1.82, 2.24) is 15.0 Å². The van der Waals surface area contributed by atoms with Gasteiger partial charge < -0.3 is 5.32 Å². The van der Waals surface area contributed by atoms with Gasteiger partial charge in [-0.2, -0.15) is 0 Å². The molecule has 0 amide bonds. The fourth-order valence-corrected chi connectivity index (χ4v) is 4.36. The van der Waals surface area contributed by atoms with Crippen molar-refractivity contribution < 1.29 is 8.42 Å². The lowest BCUT2D eigenvalue weighted by Crippen LogP contribution is -2.22. The lowest BCUT2D eigenvalue weighted by molar-refractivity contribution is 0.582. The molecule has 0 aliphatic heterocycles. The first kappa shape index (κ1) is 15.6. The molecule has 2 N–H and O–H groups in total. The molecule has 2 heterocycles. The van der Waals surface area contributed by atoms with Gasteiger partial charge in [0.2, 0.25) is 10.0 Å². The molecule has 0 saturated heterocycles. The maximum absolute atomic E-state index is 12.1. The van der Waals surface area contributed by atoms with Gasteiger partial charge in [0, 0.05) is 30.2 Å². The van der Waals surface area contributed by atoms with Crippen molar-refractivity contribution in [3.05, 3.63) is 33.6 Å². The number of hydrogen-bond donors (Lipinski definition) is 2. The Kier molecular flexibility index (Phi) is 5.28. The van der Waals surface area contributed by atoms with Crippen LogP contribution in [0.2, 0.25) is 0 Å². The standard InChI is InChI=1S/C12H17N3O2S3/c1-9(2)14-4-10-3-12(18-7-10)20(16,17)15-6-11-5-13-8-19-11/h3,5,7-9,14-15H,4,6H2,1-2H3. The molecule has 110 valence electrons. The van der Waals surface area contributed by atoms with Crippen molar-refractivity contribution in [3.63, 3.8) is 0 Å². The molecule has 0 saturated carbocycles. The summed E-state index contributed by atoms with van der Waals surface area (Å²) < 4.78 is 27.2. The molecule has 0 fully saturated rings. The van der Waals surface area contributed by atoms with E-state index in [4.69, 9.17) is 0 Å². The number of hydrogen-bond acceptors (Lipinski definition) is 6. The monoisotopic (exact) mass is 331 g/mol. The lowest BCUT2D eigenvalue weighted by Gasteiger charge is -2.05. The van der Waals surface area contributed by atoms with Gasteiger partial charge in [0.1, 0.15) is 4.21 Å². The molecule has 8 heteroatoms. The van der Waals surface area contributed by atoms with E-state index < -0.39 is 10.0 Å². The SMILES string of the molecule is CC(C)NCc1csc(S(=O)(=O)NCc2cncs2)c1. The predicted molar refractivity (Wildman–Crippen MR) is 82.4 cm³/mol. The summed E-state index contributed by atoms with van der Waals surface area (Å²) >= 11 is 2.67. The molecule has 0 bridgehead atoms. The molecule has 0 aromatic carbocycles. The molecular formula is C12H17N3O2S3. The highest BCUT2D eigenvalue weighted by Gasteiger charge is 2.16. The maximum atomic E-state index is 12.1. The number of rotatable bonds is 7. The first-order chi connectivity index (χ1) is 9.47. The molecule has 2 rings (SSSR count). The van der Waals surface area contributed by atoms with E-state index in [0.29, 0.717) is 16.8 Å². The van der Waals surface area contributed by atoms with Crippen molar-refractivity contribution in [3.8, 4) is 0 Å². The zero-order chi connectivity index (χ0) is 14.6. The van der Waals surface area contributed by atoms with Crippen molar-refractivity contribution >= 4 is 32.7 Å². The predicted octanol–water partition coefficient (Wildman–Crippen LogP) is 2.18. The van der Waals surface area contributed by atoms with E-state index in [1.807, 2.05) is 5.38 Å². The largest absolute Gasteiger partial charge is 0.310 e. The highest BCUT2D eigenvalue weighted by atomic mass is 32.2. The lowest BCUT2D eigenvalue weighted by atomic mass is 10.3. The van der Waals surface area contributed by atoms with Gasteiger partial charge in [-0.3, -0.25) is 4.98 Å². The van der Waals surface area contributed by atoms with E-state index in [9.17, 15) is 8.42 Å². The fourth-order valence-electron chi connectivity index (χ4n) is 1.48. The summed E-state index contributed by atoms with van der Waals surface area (Å²) in [4.78, 5) is 4.81. The minimum absolute atomic E-state index is 0.282. The number of sulfonamides is 1. The van der Waals surface area contributed by atoms with Crippen LogP contribution >= 0.6 is 22.7 Å². The Hall–Kier alpha value is -0.800. The van der Waals surface area contributed by atoms with E-state index >= 15 is 0 Å². The quantitative estimate of drug-likeness (QED) is 0.816. The van der Waals surface area contributed by atoms with Crippen LogP contribution in [0.15, 0.2) is 27.4 Å². The van der Waals surface area contributed by atoms with E-state index in [1.165, 1.54) is 22.7 Å². The van der Waals surface area contributed by atoms with Gasteiger partial charge in [0.25, 0.3) is 0 Å². The van der Waals surface area contributed by atoms with Gasteiger partial charge in [-0.05, 0) is 17.0 Å². The Balaban J connectivity index is 1.98. The summed E-state index contributed by atoms with van der Waals surface area (Å²) in [6.45, 7) is 5.07. The highest BCUT2D eigenvalue weighted by molar-refractivity contribution is 7.91. The van der Waals surface area contributed by atoms with Gasteiger partial charge in [-0.25, -0.2) is 13.1 Å². The van der Waals surface area contributed by atoms with Gasteiger partial charge in [-0.15, -0.1) is 22.7 Å². The molecule has 5 nitrogen and oxygen atoms in total. The van der Waals surface area contributed by atoms with Crippen molar-refractivity contribution in [2.45, 2.75) is 37.2 Å². The van der Waals surface area contributed by atoms with Crippen LogP contribution in [0.1, 0.15) is 24.3 Å². The molecule has 0 aliphatic rings. The smallest absolute Gasteiger partial charge is 0.250 e.